The summed E-state index contributed by atoms with van der Waals surface area (Å²) in [6.45, 7) is 5.13. The van der Waals surface area contributed by atoms with Crippen LogP contribution < -0.4 is 5.32 Å². The van der Waals surface area contributed by atoms with E-state index in [1.807, 2.05) is 17.9 Å². The molecule has 1 fully saturated rings. The molecule has 0 radical (unpaired) electrons. The monoisotopic (exact) mass is 250 g/mol. The number of carbonyl (C=O) groups excluding carboxylic acids is 1. The molecule has 1 saturated heterocycles. The Kier molecular flexibility index (Phi) is 4.46. The predicted octanol–water partition coefficient (Wildman–Crippen LogP) is 0.446. The average Bonchev–Trinajstić information content (AvgIpc) is 2.40. The zero-order valence-electron chi connectivity index (χ0n) is 10.6. The number of nitrogens with one attached hydrogen (secondary N) is 1. The number of morpholine rings is 1. The van der Waals surface area contributed by atoms with Gasteiger partial charge in [-0.25, -0.2) is 9.97 Å². The Hall–Kier alpha value is -1.69. The van der Waals surface area contributed by atoms with Gasteiger partial charge in [-0.2, -0.15) is 0 Å². The molecule has 1 aliphatic rings. The van der Waals surface area contributed by atoms with Crippen molar-refractivity contribution in [2.75, 3.05) is 38.2 Å². The maximum absolute atomic E-state index is 11.8. The molecule has 1 aliphatic heterocycles. The van der Waals surface area contributed by atoms with Gasteiger partial charge in [-0.1, -0.05) is 0 Å². The van der Waals surface area contributed by atoms with Crippen LogP contribution in [0.1, 0.15) is 12.1 Å². The average molecular weight is 250 g/mol. The molecule has 0 unspecified atom stereocenters. The fourth-order valence-corrected chi connectivity index (χ4v) is 1.79. The minimum atomic E-state index is 0.151. The first-order valence-electron chi connectivity index (χ1n) is 6.15. The summed E-state index contributed by atoms with van der Waals surface area (Å²) in [5, 5.41) is 3.05. The van der Waals surface area contributed by atoms with Crippen LogP contribution in [0.15, 0.2) is 12.3 Å². The van der Waals surface area contributed by atoms with Gasteiger partial charge in [0.25, 0.3) is 0 Å². The van der Waals surface area contributed by atoms with Gasteiger partial charge in [-0.15, -0.1) is 0 Å². The normalized spacial score (nSPS) is 15.5. The number of carbonyl (C=O) groups is 1. The van der Waals surface area contributed by atoms with Crippen LogP contribution in [-0.2, 0) is 9.53 Å². The van der Waals surface area contributed by atoms with Gasteiger partial charge in [0, 0.05) is 37.9 Å². The first kappa shape index (κ1) is 12.8. The quantitative estimate of drug-likeness (QED) is 0.840. The summed E-state index contributed by atoms with van der Waals surface area (Å²) in [4.78, 5) is 22.0. The van der Waals surface area contributed by atoms with Crippen LogP contribution in [0.2, 0.25) is 0 Å². The van der Waals surface area contributed by atoms with Crippen molar-refractivity contribution in [3.63, 3.8) is 0 Å². The van der Waals surface area contributed by atoms with Crippen molar-refractivity contribution in [2.45, 2.75) is 13.3 Å². The third-order valence-corrected chi connectivity index (χ3v) is 2.78. The van der Waals surface area contributed by atoms with Crippen LogP contribution >= 0.6 is 0 Å². The maximum atomic E-state index is 11.8. The Morgan fingerprint density at radius 3 is 3.00 bits per heavy atom. The van der Waals surface area contributed by atoms with Crippen LogP contribution in [0, 0.1) is 6.92 Å². The molecule has 0 atom stereocenters. The second-order valence-corrected chi connectivity index (χ2v) is 4.19. The highest BCUT2D eigenvalue weighted by Crippen LogP contribution is 2.02. The largest absolute Gasteiger partial charge is 0.378 e. The van der Waals surface area contributed by atoms with Crippen LogP contribution in [0.5, 0.6) is 0 Å². The van der Waals surface area contributed by atoms with Crippen molar-refractivity contribution >= 4 is 11.9 Å². The van der Waals surface area contributed by atoms with E-state index in [-0.39, 0.29) is 5.91 Å². The van der Waals surface area contributed by atoms with Crippen molar-refractivity contribution in [2.24, 2.45) is 0 Å². The summed E-state index contributed by atoms with van der Waals surface area (Å²) < 4.78 is 5.21. The number of ether oxygens (including phenoxy) is 1. The standard InChI is InChI=1S/C12H18N4O2/c1-10-2-4-13-12(15-10)14-5-3-11(17)16-6-8-18-9-7-16/h2,4H,3,5-9H2,1H3,(H,13,14,15). The molecule has 2 rings (SSSR count). The first-order chi connectivity index (χ1) is 8.75. The van der Waals surface area contributed by atoms with Gasteiger partial charge in [0.2, 0.25) is 11.9 Å². The molecule has 0 spiro atoms. The number of aromatic nitrogens is 2. The molecule has 0 aromatic carbocycles. The van der Waals surface area contributed by atoms with Crippen LogP contribution in [0.4, 0.5) is 5.95 Å². The minimum absolute atomic E-state index is 0.151. The van der Waals surface area contributed by atoms with Gasteiger partial charge in [0.05, 0.1) is 13.2 Å². The lowest BCUT2D eigenvalue weighted by molar-refractivity contribution is -0.134. The van der Waals surface area contributed by atoms with Gasteiger partial charge in [0.1, 0.15) is 0 Å². The lowest BCUT2D eigenvalue weighted by Crippen LogP contribution is -2.41. The predicted molar refractivity (Wildman–Crippen MR) is 67.3 cm³/mol. The van der Waals surface area contributed by atoms with E-state index in [2.05, 4.69) is 15.3 Å². The van der Waals surface area contributed by atoms with E-state index < -0.39 is 0 Å². The van der Waals surface area contributed by atoms with Crippen LogP contribution in [0.3, 0.4) is 0 Å². The second-order valence-electron chi connectivity index (χ2n) is 4.19. The van der Waals surface area contributed by atoms with Crippen molar-refractivity contribution in [1.29, 1.82) is 0 Å². The summed E-state index contributed by atoms with van der Waals surface area (Å²) >= 11 is 0. The van der Waals surface area contributed by atoms with Crippen molar-refractivity contribution in [3.05, 3.63) is 18.0 Å². The number of nitrogens with zero attached hydrogens (tertiary/aromatic N) is 3. The van der Waals surface area contributed by atoms with Gasteiger partial charge < -0.3 is 15.0 Å². The summed E-state index contributed by atoms with van der Waals surface area (Å²) in [6, 6.07) is 1.84. The Labute approximate surface area is 106 Å². The third-order valence-electron chi connectivity index (χ3n) is 2.78. The number of hydrogen-bond acceptors (Lipinski definition) is 5. The topological polar surface area (TPSA) is 67.4 Å². The van der Waals surface area contributed by atoms with Crippen molar-refractivity contribution in [3.8, 4) is 0 Å². The molecule has 0 saturated carbocycles. The number of anilines is 1. The molecule has 6 heteroatoms. The molecular weight excluding hydrogens is 232 g/mol. The van der Waals surface area contributed by atoms with E-state index in [1.54, 1.807) is 6.20 Å². The highest BCUT2D eigenvalue weighted by Gasteiger charge is 2.15. The molecule has 18 heavy (non-hydrogen) atoms. The van der Waals surface area contributed by atoms with Gasteiger partial charge in [0.15, 0.2) is 0 Å². The molecule has 1 aromatic rings. The van der Waals surface area contributed by atoms with Crippen molar-refractivity contribution in [1.82, 2.24) is 14.9 Å². The number of rotatable bonds is 4. The van der Waals surface area contributed by atoms with E-state index in [9.17, 15) is 4.79 Å². The highest BCUT2D eigenvalue weighted by molar-refractivity contribution is 5.76. The zero-order valence-corrected chi connectivity index (χ0v) is 10.6. The lowest BCUT2D eigenvalue weighted by atomic mass is 10.3. The van der Waals surface area contributed by atoms with E-state index in [0.717, 1.165) is 5.69 Å². The smallest absolute Gasteiger partial charge is 0.224 e. The number of hydrogen-bond donors (Lipinski definition) is 1. The van der Waals surface area contributed by atoms with Gasteiger partial charge in [-0.3, -0.25) is 4.79 Å². The second kappa shape index (κ2) is 6.30. The van der Waals surface area contributed by atoms with E-state index in [1.165, 1.54) is 0 Å². The Morgan fingerprint density at radius 1 is 1.50 bits per heavy atom. The summed E-state index contributed by atoms with van der Waals surface area (Å²) in [5.74, 6) is 0.725. The molecule has 2 heterocycles. The Balaban J connectivity index is 1.73. The maximum Gasteiger partial charge on any atom is 0.224 e. The molecular formula is C12H18N4O2. The van der Waals surface area contributed by atoms with Crippen LogP contribution in [-0.4, -0.2) is 53.6 Å². The number of aryl methyl sites for hydroxylation is 1. The van der Waals surface area contributed by atoms with Gasteiger partial charge >= 0.3 is 0 Å². The van der Waals surface area contributed by atoms with Crippen molar-refractivity contribution < 1.29 is 9.53 Å². The Morgan fingerprint density at radius 2 is 2.28 bits per heavy atom. The molecule has 0 aliphatic carbocycles. The first-order valence-corrected chi connectivity index (χ1v) is 6.15. The molecule has 1 amide bonds. The minimum Gasteiger partial charge on any atom is -0.378 e. The SMILES string of the molecule is Cc1ccnc(NCCC(=O)N2CCOCC2)n1. The lowest BCUT2D eigenvalue weighted by Gasteiger charge is -2.26. The highest BCUT2D eigenvalue weighted by atomic mass is 16.5. The van der Waals surface area contributed by atoms with Crippen LogP contribution in [0.25, 0.3) is 0 Å². The zero-order chi connectivity index (χ0) is 12.8. The Bertz CT molecular complexity index is 405. The van der Waals surface area contributed by atoms with E-state index >= 15 is 0 Å². The summed E-state index contributed by atoms with van der Waals surface area (Å²) in [6.07, 6.45) is 2.16. The van der Waals surface area contributed by atoms with Gasteiger partial charge in [-0.05, 0) is 13.0 Å². The van der Waals surface area contributed by atoms with E-state index in [0.29, 0.717) is 45.2 Å². The molecule has 98 valence electrons. The fourth-order valence-electron chi connectivity index (χ4n) is 1.79. The van der Waals surface area contributed by atoms with E-state index in [4.69, 9.17) is 4.74 Å². The fraction of sp³-hybridized carbons (Fsp3) is 0.583. The molecule has 1 N–H and O–H groups in total. The third kappa shape index (κ3) is 3.66. The molecule has 0 bridgehead atoms. The summed E-state index contributed by atoms with van der Waals surface area (Å²) in [5.41, 5.74) is 0.909. The number of amides is 1. The molecule has 1 aromatic heterocycles. The molecule has 6 nitrogen and oxygen atoms in total. The summed E-state index contributed by atoms with van der Waals surface area (Å²) in [7, 11) is 0.